The molecule has 0 radical (unpaired) electrons. The Bertz CT molecular complexity index is 709. The zero-order valence-electron chi connectivity index (χ0n) is 13.0. The van der Waals surface area contributed by atoms with Crippen LogP contribution in [0.2, 0.25) is 0 Å². The lowest BCUT2D eigenvalue weighted by atomic mass is 10.1. The van der Waals surface area contributed by atoms with Crippen molar-refractivity contribution in [1.29, 1.82) is 0 Å². The Morgan fingerprint density at radius 2 is 2.09 bits per heavy atom. The maximum absolute atomic E-state index is 13.0. The highest BCUT2D eigenvalue weighted by Crippen LogP contribution is 2.35. The normalized spacial score (nSPS) is 21.7. The van der Waals surface area contributed by atoms with E-state index in [2.05, 4.69) is 0 Å². The molecule has 7 nitrogen and oxygen atoms in total. The van der Waals surface area contributed by atoms with Crippen molar-refractivity contribution in [2.45, 2.75) is 37.1 Å². The number of ether oxygens (including phenoxy) is 1. The molecule has 8 heteroatoms. The Hall–Kier alpha value is -1.51. The van der Waals surface area contributed by atoms with Crippen molar-refractivity contribution in [3.05, 3.63) is 33.9 Å². The first-order chi connectivity index (χ1) is 10.9. The summed E-state index contributed by atoms with van der Waals surface area (Å²) < 4.78 is 32.7. The minimum Gasteiger partial charge on any atom is -0.381 e. The van der Waals surface area contributed by atoms with Gasteiger partial charge in [0.15, 0.2) is 0 Å². The van der Waals surface area contributed by atoms with Crippen LogP contribution in [0.1, 0.15) is 24.8 Å². The Morgan fingerprint density at radius 3 is 2.65 bits per heavy atom. The molecule has 0 spiro atoms. The highest BCUT2D eigenvalue weighted by molar-refractivity contribution is 7.89. The van der Waals surface area contributed by atoms with E-state index >= 15 is 0 Å². The average molecular weight is 340 g/mol. The number of nitro groups is 1. The molecule has 0 bridgehead atoms. The summed E-state index contributed by atoms with van der Waals surface area (Å²) in [5, 5.41) is 11.1. The summed E-state index contributed by atoms with van der Waals surface area (Å²) in [6.45, 7) is 3.27. The van der Waals surface area contributed by atoms with E-state index in [1.165, 1.54) is 22.5 Å². The van der Waals surface area contributed by atoms with E-state index < -0.39 is 14.9 Å². The van der Waals surface area contributed by atoms with Crippen LogP contribution in [0.15, 0.2) is 23.1 Å². The van der Waals surface area contributed by atoms with Crippen LogP contribution in [0.25, 0.3) is 0 Å². The summed E-state index contributed by atoms with van der Waals surface area (Å²) in [6.07, 6.45) is 2.55. The zero-order chi connectivity index (χ0) is 16.6. The molecule has 0 N–H and O–H groups in total. The van der Waals surface area contributed by atoms with Gasteiger partial charge in [-0.1, -0.05) is 6.07 Å². The van der Waals surface area contributed by atoms with Gasteiger partial charge in [0.1, 0.15) is 0 Å². The predicted molar refractivity (Wildman–Crippen MR) is 83.7 cm³/mol. The molecule has 3 rings (SSSR count). The minimum absolute atomic E-state index is 0.000570. The minimum atomic E-state index is -3.72. The molecule has 2 aliphatic rings. The molecule has 1 aliphatic heterocycles. The molecule has 1 saturated carbocycles. The van der Waals surface area contributed by atoms with E-state index in [0.717, 1.165) is 19.3 Å². The van der Waals surface area contributed by atoms with Gasteiger partial charge in [0.05, 0.1) is 16.4 Å². The van der Waals surface area contributed by atoms with Gasteiger partial charge in [-0.15, -0.1) is 0 Å². The first-order valence-corrected chi connectivity index (χ1v) is 9.18. The van der Waals surface area contributed by atoms with Crippen molar-refractivity contribution in [3.63, 3.8) is 0 Å². The van der Waals surface area contributed by atoms with Crippen LogP contribution >= 0.6 is 0 Å². The monoisotopic (exact) mass is 340 g/mol. The second-order valence-corrected chi connectivity index (χ2v) is 8.13. The Kier molecular flexibility index (Phi) is 4.39. The van der Waals surface area contributed by atoms with Crippen molar-refractivity contribution >= 4 is 15.7 Å². The molecule has 2 fully saturated rings. The first-order valence-electron chi connectivity index (χ1n) is 7.74. The van der Waals surface area contributed by atoms with Crippen LogP contribution in [0.3, 0.4) is 0 Å². The van der Waals surface area contributed by atoms with E-state index in [-0.39, 0.29) is 22.5 Å². The number of benzene rings is 1. The number of nitrogens with zero attached hydrogens (tertiary/aromatic N) is 2. The van der Waals surface area contributed by atoms with E-state index in [0.29, 0.717) is 25.3 Å². The summed E-state index contributed by atoms with van der Waals surface area (Å²) in [7, 11) is -3.72. The molecule has 0 amide bonds. The number of hydrogen-bond donors (Lipinski definition) is 0. The van der Waals surface area contributed by atoms with Crippen molar-refractivity contribution in [1.82, 2.24) is 4.31 Å². The van der Waals surface area contributed by atoms with Crippen LogP contribution in [0.5, 0.6) is 0 Å². The molecule has 1 aliphatic carbocycles. The van der Waals surface area contributed by atoms with E-state index in [9.17, 15) is 18.5 Å². The Balaban J connectivity index is 1.91. The lowest BCUT2D eigenvalue weighted by Gasteiger charge is -2.24. The second kappa shape index (κ2) is 6.18. The van der Waals surface area contributed by atoms with Crippen LogP contribution in [0, 0.1) is 23.0 Å². The lowest BCUT2D eigenvalue weighted by Crippen LogP contribution is -2.37. The van der Waals surface area contributed by atoms with Gasteiger partial charge in [0.2, 0.25) is 10.0 Å². The smallest absolute Gasteiger partial charge is 0.273 e. The molecular formula is C15H20N2O5S. The van der Waals surface area contributed by atoms with Crippen molar-refractivity contribution in [2.75, 3.05) is 19.8 Å². The Labute approximate surface area is 135 Å². The molecule has 1 unspecified atom stereocenters. The maximum Gasteiger partial charge on any atom is 0.273 e. The van der Waals surface area contributed by atoms with E-state index in [1.807, 2.05) is 0 Å². The number of nitro benzene ring substituents is 1. The molecule has 126 valence electrons. The second-order valence-electron chi connectivity index (χ2n) is 6.24. The summed E-state index contributed by atoms with van der Waals surface area (Å²) in [4.78, 5) is 10.5. The zero-order valence-corrected chi connectivity index (χ0v) is 13.8. The van der Waals surface area contributed by atoms with Gasteiger partial charge >= 0.3 is 0 Å². The Morgan fingerprint density at radius 1 is 1.35 bits per heavy atom. The first kappa shape index (κ1) is 16.4. The van der Waals surface area contributed by atoms with Crippen molar-refractivity contribution in [3.8, 4) is 0 Å². The fourth-order valence-corrected chi connectivity index (χ4v) is 4.65. The highest BCUT2D eigenvalue weighted by Gasteiger charge is 2.40. The third-order valence-corrected chi connectivity index (χ3v) is 6.31. The fraction of sp³-hybridized carbons (Fsp3) is 0.600. The molecular weight excluding hydrogens is 320 g/mol. The van der Waals surface area contributed by atoms with Crippen LogP contribution in [-0.4, -0.2) is 43.4 Å². The number of hydrogen-bond acceptors (Lipinski definition) is 5. The van der Waals surface area contributed by atoms with E-state index in [1.54, 1.807) is 6.92 Å². The standard InChI is InChI=1S/C15H20N2O5S/c1-11-2-5-14(8-15(11)17(18)19)23(20,21)16(13-3-4-13)9-12-6-7-22-10-12/h2,5,8,12-13H,3-4,6-7,9-10H2,1H3. The van der Waals surface area contributed by atoms with Crippen LogP contribution in [0.4, 0.5) is 5.69 Å². The van der Waals surface area contributed by atoms with Gasteiger partial charge in [-0.3, -0.25) is 10.1 Å². The fourth-order valence-electron chi connectivity index (χ4n) is 2.87. The molecule has 1 atom stereocenters. The summed E-state index contributed by atoms with van der Waals surface area (Å²) in [5.74, 6) is 0.200. The lowest BCUT2D eigenvalue weighted by molar-refractivity contribution is -0.385. The van der Waals surface area contributed by atoms with Gasteiger partial charge in [-0.2, -0.15) is 4.31 Å². The van der Waals surface area contributed by atoms with Crippen molar-refractivity contribution in [2.24, 2.45) is 5.92 Å². The third kappa shape index (κ3) is 3.39. The predicted octanol–water partition coefficient (Wildman–Crippen LogP) is 2.09. The summed E-state index contributed by atoms with van der Waals surface area (Å²) >= 11 is 0. The van der Waals surface area contributed by atoms with Gasteiger partial charge in [0, 0.05) is 30.8 Å². The van der Waals surface area contributed by atoms with Gasteiger partial charge in [-0.25, -0.2) is 8.42 Å². The quantitative estimate of drug-likeness (QED) is 0.584. The number of sulfonamides is 1. The maximum atomic E-state index is 13.0. The number of aryl methyl sites for hydroxylation is 1. The van der Waals surface area contributed by atoms with E-state index in [4.69, 9.17) is 4.74 Å². The molecule has 1 heterocycles. The highest BCUT2D eigenvalue weighted by atomic mass is 32.2. The molecule has 1 aromatic carbocycles. The van der Waals surface area contributed by atoms with Crippen molar-refractivity contribution < 1.29 is 18.1 Å². The largest absolute Gasteiger partial charge is 0.381 e. The molecule has 0 aromatic heterocycles. The topological polar surface area (TPSA) is 89.8 Å². The van der Waals surface area contributed by atoms with Crippen LogP contribution in [-0.2, 0) is 14.8 Å². The molecule has 23 heavy (non-hydrogen) atoms. The third-order valence-electron chi connectivity index (χ3n) is 4.40. The van der Waals surface area contributed by atoms with Gasteiger partial charge in [-0.05, 0) is 38.2 Å². The van der Waals surface area contributed by atoms with Gasteiger partial charge < -0.3 is 4.74 Å². The molecule has 1 aromatic rings. The van der Waals surface area contributed by atoms with Gasteiger partial charge in [0.25, 0.3) is 5.69 Å². The SMILES string of the molecule is Cc1ccc(S(=O)(=O)N(CC2CCOC2)C2CC2)cc1[N+](=O)[O-]. The van der Waals surface area contributed by atoms with Crippen LogP contribution < -0.4 is 0 Å². The number of rotatable bonds is 6. The summed E-state index contributed by atoms with van der Waals surface area (Å²) in [5.41, 5.74) is 0.294. The molecule has 1 saturated heterocycles. The average Bonchev–Trinajstić information content (AvgIpc) is 3.20. The summed E-state index contributed by atoms with van der Waals surface area (Å²) in [6, 6.07) is 4.14.